The number of hydrogen-bond acceptors (Lipinski definition) is 5. The Labute approximate surface area is 182 Å². The molecule has 0 unspecified atom stereocenters. The molecule has 162 valence electrons. The number of aryl methyl sites for hydroxylation is 1. The van der Waals surface area contributed by atoms with Crippen molar-refractivity contribution in [2.75, 3.05) is 24.3 Å². The molecule has 0 saturated heterocycles. The molecule has 7 nitrogen and oxygen atoms in total. The summed E-state index contributed by atoms with van der Waals surface area (Å²) in [5.41, 5.74) is 2.31. The van der Waals surface area contributed by atoms with E-state index in [2.05, 4.69) is 10.0 Å². The summed E-state index contributed by atoms with van der Waals surface area (Å²) in [5.74, 6) is 0.433. The van der Waals surface area contributed by atoms with Crippen molar-refractivity contribution < 1.29 is 22.7 Å². The van der Waals surface area contributed by atoms with Gasteiger partial charge in [0.2, 0.25) is 0 Å². The van der Waals surface area contributed by atoms with E-state index < -0.39 is 10.0 Å². The molecule has 2 N–H and O–H groups in total. The number of carbonyl (C=O) groups excluding carboxylic acids is 1. The van der Waals surface area contributed by atoms with Crippen LogP contribution in [0.3, 0.4) is 0 Å². The minimum atomic E-state index is -3.97. The lowest BCUT2D eigenvalue weighted by Gasteiger charge is -2.14. The number of anilines is 2. The van der Waals surface area contributed by atoms with Crippen LogP contribution in [0.4, 0.5) is 11.4 Å². The van der Waals surface area contributed by atoms with Crippen molar-refractivity contribution in [3.63, 3.8) is 0 Å². The number of amides is 1. The van der Waals surface area contributed by atoms with Crippen LogP contribution in [-0.2, 0) is 16.4 Å². The summed E-state index contributed by atoms with van der Waals surface area (Å²) >= 11 is 0. The molecule has 0 aliphatic rings. The van der Waals surface area contributed by atoms with Gasteiger partial charge in [-0.1, -0.05) is 19.1 Å². The van der Waals surface area contributed by atoms with E-state index >= 15 is 0 Å². The summed E-state index contributed by atoms with van der Waals surface area (Å²) in [4.78, 5) is 12.5. The third-order valence-electron chi connectivity index (χ3n) is 4.68. The van der Waals surface area contributed by atoms with E-state index in [9.17, 15) is 13.2 Å². The van der Waals surface area contributed by atoms with Crippen molar-refractivity contribution in [1.82, 2.24) is 0 Å². The highest BCUT2D eigenvalue weighted by molar-refractivity contribution is 7.92. The zero-order valence-corrected chi connectivity index (χ0v) is 18.3. The Bertz CT molecular complexity index is 1160. The second-order valence-corrected chi connectivity index (χ2v) is 8.36. The van der Waals surface area contributed by atoms with Gasteiger partial charge in [-0.2, -0.15) is 0 Å². The van der Waals surface area contributed by atoms with Crippen molar-refractivity contribution in [1.29, 1.82) is 0 Å². The second-order valence-electron chi connectivity index (χ2n) is 6.70. The van der Waals surface area contributed by atoms with Crippen LogP contribution in [0.1, 0.15) is 22.8 Å². The van der Waals surface area contributed by atoms with E-state index in [-0.39, 0.29) is 16.6 Å². The first-order valence-corrected chi connectivity index (χ1v) is 11.1. The van der Waals surface area contributed by atoms with Crippen LogP contribution in [0.15, 0.2) is 71.6 Å². The number of nitrogens with one attached hydrogen (secondary N) is 2. The van der Waals surface area contributed by atoms with Crippen molar-refractivity contribution in [2.45, 2.75) is 18.2 Å². The molecule has 0 fully saturated rings. The van der Waals surface area contributed by atoms with E-state index in [0.717, 1.165) is 12.0 Å². The van der Waals surface area contributed by atoms with Crippen molar-refractivity contribution in [3.05, 3.63) is 77.9 Å². The normalized spacial score (nSPS) is 10.9. The van der Waals surface area contributed by atoms with Gasteiger partial charge in [0, 0.05) is 16.9 Å². The second kappa shape index (κ2) is 9.53. The Hall–Kier alpha value is -3.52. The smallest absolute Gasteiger partial charge is 0.265 e. The van der Waals surface area contributed by atoms with Gasteiger partial charge in [-0.15, -0.1) is 0 Å². The van der Waals surface area contributed by atoms with Gasteiger partial charge in [0.25, 0.3) is 15.9 Å². The summed E-state index contributed by atoms with van der Waals surface area (Å²) in [6.45, 7) is 2.04. The standard InChI is InChI=1S/C23H24N2O5S/c1-4-16-5-7-17(8-6-16)23(26)24-19-11-14-21(30-3)22(15-19)31(27,28)25-18-9-12-20(29-2)13-10-18/h5-15,25H,4H2,1-3H3,(H,24,26). The van der Waals surface area contributed by atoms with Crippen LogP contribution < -0.4 is 19.5 Å². The van der Waals surface area contributed by atoms with E-state index in [1.807, 2.05) is 19.1 Å². The molecular formula is C23H24N2O5S. The molecule has 0 atom stereocenters. The zero-order valence-electron chi connectivity index (χ0n) is 17.5. The highest BCUT2D eigenvalue weighted by atomic mass is 32.2. The largest absolute Gasteiger partial charge is 0.497 e. The average Bonchev–Trinajstić information content (AvgIpc) is 2.79. The van der Waals surface area contributed by atoms with Crippen LogP contribution in [-0.4, -0.2) is 28.5 Å². The lowest BCUT2D eigenvalue weighted by Crippen LogP contribution is -2.16. The molecule has 0 spiro atoms. The summed E-state index contributed by atoms with van der Waals surface area (Å²) in [6, 6.07) is 18.2. The predicted molar refractivity (Wildman–Crippen MR) is 121 cm³/mol. The van der Waals surface area contributed by atoms with E-state index in [1.165, 1.54) is 26.4 Å². The SMILES string of the molecule is CCc1ccc(C(=O)Nc2ccc(OC)c(S(=O)(=O)Nc3ccc(OC)cc3)c2)cc1. The number of rotatable bonds is 8. The van der Waals surface area contributed by atoms with Crippen LogP contribution in [0.5, 0.6) is 11.5 Å². The van der Waals surface area contributed by atoms with Crippen LogP contribution >= 0.6 is 0 Å². The van der Waals surface area contributed by atoms with E-state index in [1.54, 1.807) is 42.5 Å². The lowest BCUT2D eigenvalue weighted by atomic mass is 10.1. The van der Waals surface area contributed by atoms with Gasteiger partial charge in [-0.25, -0.2) is 8.42 Å². The Morgan fingerprint density at radius 2 is 1.52 bits per heavy atom. The van der Waals surface area contributed by atoms with Crippen LogP contribution in [0.25, 0.3) is 0 Å². The summed E-state index contributed by atoms with van der Waals surface area (Å²) < 4.78 is 38.8. The molecule has 31 heavy (non-hydrogen) atoms. The lowest BCUT2D eigenvalue weighted by molar-refractivity contribution is 0.102. The molecule has 0 radical (unpaired) electrons. The van der Waals surface area contributed by atoms with Gasteiger partial charge in [-0.05, 0) is 66.6 Å². The number of ether oxygens (including phenoxy) is 2. The van der Waals surface area contributed by atoms with Crippen LogP contribution in [0, 0.1) is 0 Å². The summed E-state index contributed by atoms with van der Waals surface area (Å²) in [6.07, 6.45) is 0.878. The fourth-order valence-electron chi connectivity index (χ4n) is 2.93. The minimum Gasteiger partial charge on any atom is -0.497 e. The topological polar surface area (TPSA) is 93.7 Å². The number of carbonyl (C=O) groups is 1. The number of hydrogen-bond donors (Lipinski definition) is 2. The van der Waals surface area contributed by atoms with E-state index in [4.69, 9.17) is 9.47 Å². The minimum absolute atomic E-state index is 0.0926. The van der Waals surface area contributed by atoms with Gasteiger partial charge in [0.05, 0.1) is 14.2 Å². The van der Waals surface area contributed by atoms with E-state index in [0.29, 0.717) is 22.7 Å². The van der Waals surface area contributed by atoms with Gasteiger partial charge in [0.15, 0.2) is 0 Å². The summed E-state index contributed by atoms with van der Waals surface area (Å²) in [7, 11) is -1.06. The molecule has 0 bridgehead atoms. The maximum Gasteiger partial charge on any atom is 0.265 e. The molecule has 0 saturated carbocycles. The average molecular weight is 441 g/mol. The third kappa shape index (κ3) is 5.35. The molecule has 8 heteroatoms. The molecule has 0 aliphatic carbocycles. The zero-order chi connectivity index (χ0) is 22.4. The highest BCUT2D eigenvalue weighted by Crippen LogP contribution is 2.29. The Kier molecular flexibility index (Phi) is 6.81. The van der Waals surface area contributed by atoms with Crippen molar-refractivity contribution in [3.8, 4) is 11.5 Å². The number of sulfonamides is 1. The molecule has 3 aromatic rings. The molecule has 0 heterocycles. The van der Waals surface area contributed by atoms with Gasteiger partial charge < -0.3 is 14.8 Å². The fourth-order valence-corrected chi connectivity index (χ4v) is 4.18. The number of benzene rings is 3. The molecule has 1 amide bonds. The first-order chi connectivity index (χ1) is 14.9. The number of methoxy groups -OCH3 is 2. The third-order valence-corrected chi connectivity index (χ3v) is 6.08. The summed E-state index contributed by atoms with van der Waals surface area (Å²) in [5, 5.41) is 2.74. The highest BCUT2D eigenvalue weighted by Gasteiger charge is 2.21. The van der Waals surface area contributed by atoms with Crippen molar-refractivity contribution >= 4 is 27.3 Å². The van der Waals surface area contributed by atoms with Gasteiger partial charge in [-0.3, -0.25) is 9.52 Å². The Morgan fingerprint density at radius 1 is 0.871 bits per heavy atom. The van der Waals surface area contributed by atoms with Crippen molar-refractivity contribution in [2.24, 2.45) is 0 Å². The predicted octanol–water partition coefficient (Wildman–Crippen LogP) is 4.32. The maximum atomic E-state index is 13.0. The molecule has 0 aliphatic heterocycles. The maximum absolute atomic E-state index is 13.0. The monoisotopic (exact) mass is 440 g/mol. The van der Waals surface area contributed by atoms with Crippen LogP contribution in [0.2, 0.25) is 0 Å². The van der Waals surface area contributed by atoms with Gasteiger partial charge in [0.1, 0.15) is 16.4 Å². The van der Waals surface area contributed by atoms with Gasteiger partial charge >= 0.3 is 0 Å². The fraction of sp³-hybridized carbons (Fsp3) is 0.174. The Morgan fingerprint density at radius 3 is 2.10 bits per heavy atom. The quantitative estimate of drug-likeness (QED) is 0.544. The molecule has 3 rings (SSSR count). The Balaban J connectivity index is 1.85. The molecule has 0 aromatic heterocycles. The first-order valence-electron chi connectivity index (χ1n) is 9.61. The molecule has 3 aromatic carbocycles. The first kappa shape index (κ1) is 22.2. The molecular weight excluding hydrogens is 416 g/mol.